The highest BCUT2D eigenvalue weighted by Gasteiger charge is 2.42. The van der Waals surface area contributed by atoms with E-state index in [1.807, 2.05) is 95.8 Å². The first-order valence-corrected chi connectivity index (χ1v) is 31.1. The fraction of sp³-hybridized carbons (Fsp3) is 0.677. The SMILES string of the molecule is CCN(CC)CCCC[C@H](NC(=O)[C@H](CC(C)C)NC(=O)[C@H](C)NC(=O)[C@H](Cc1ccccc1)NC(=O)c1ccc(C(C)(C)C)cc1)C(=O)N[C@@H](CO)C(=O)NC(C)(C)CCOC(C)(C)CCNC(=O)CCCC[C@@H]1SC[C@@H]2NC(=O)N[C@@H]21. The molecule has 10 N–H and O–H groups in total. The summed E-state index contributed by atoms with van der Waals surface area (Å²) in [5, 5.41) is 36.6. The van der Waals surface area contributed by atoms with Gasteiger partial charge in [-0.2, -0.15) is 11.8 Å². The summed E-state index contributed by atoms with van der Waals surface area (Å²) < 4.78 is 6.22. The minimum atomic E-state index is -1.36. The van der Waals surface area contributed by atoms with Crippen molar-refractivity contribution in [1.82, 2.24) is 52.8 Å². The second kappa shape index (κ2) is 33.6. The number of nitrogens with one attached hydrogen (secondary N) is 9. The third-order valence-corrected chi connectivity index (χ3v) is 16.9. The topological polar surface area (TPSA) is 278 Å². The Kier molecular flexibility index (Phi) is 28.3. The van der Waals surface area contributed by atoms with Gasteiger partial charge in [-0.25, -0.2) is 4.79 Å². The number of aliphatic hydroxyl groups excluding tert-OH is 1. The minimum absolute atomic E-state index is 0.0202. The van der Waals surface area contributed by atoms with Crippen molar-refractivity contribution in [2.24, 2.45) is 5.92 Å². The molecule has 2 fully saturated rings. The van der Waals surface area contributed by atoms with Crippen LogP contribution in [0.5, 0.6) is 0 Å². The zero-order valence-electron chi connectivity index (χ0n) is 51.6. The van der Waals surface area contributed by atoms with Crippen molar-refractivity contribution in [3.63, 3.8) is 0 Å². The number of carbonyl (C=O) groups excluding carboxylic acids is 8. The molecule has 20 nitrogen and oxygen atoms in total. The summed E-state index contributed by atoms with van der Waals surface area (Å²) in [7, 11) is 0. The number of rotatable bonds is 36. The molecule has 2 aliphatic heterocycles. The van der Waals surface area contributed by atoms with Crippen LogP contribution < -0.4 is 47.9 Å². The molecule has 0 radical (unpaired) electrons. The molecule has 83 heavy (non-hydrogen) atoms. The van der Waals surface area contributed by atoms with E-state index < -0.39 is 83.4 Å². The Bertz CT molecular complexity index is 2420. The van der Waals surface area contributed by atoms with Crippen molar-refractivity contribution < 1.29 is 48.2 Å². The summed E-state index contributed by atoms with van der Waals surface area (Å²) in [6, 6.07) is 10.8. The zero-order valence-corrected chi connectivity index (χ0v) is 52.4. The molecule has 8 atom stereocenters. The molecule has 2 aliphatic rings. The summed E-state index contributed by atoms with van der Waals surface area (Å²) in [4.78, 5) is 110. The first-order valence-electron chi connectivity index (χ1n) is 30.0. The van der Waals surface area contributed by atoms with E-state index >= 15 is 0 Å². The lowest BCUT2D eigenvalue weighted by Crippen LogP contribution is -2.60. The van der Waals surface area contributed by atoms with E-state index in [1.54, 1.807) is 12.1 Å². The summed E-state index contributed by atoms with van der Waals surface area (Å²) >= 11 is 1.87. The fourth-order valence-corrected chi connectivity index (χ4v) is 11.6. The molecular formula is C62H100N10O10S. The molecule has 2 aromatic rings. The van der Waals surface area contributed by atoms with Gasteiger partial charge in [-0.1, -0.05) is 97.4 Å². The summed E-state index contributed by atoms with van der Waals surface area (Å²) in [5.41, 5.74) is 0.666. The van der Waals surface area contributed by atoms with Crippen molar-refractivity contribution in [3.05, 3.63) is 71.3 Å². The van der Waals surface area contributed by atoms with Gasteiger partial charge in [0.1, 0.15) is 30.2 Å². The molecule has 0 bridgehead atoms. The van der Waals surface area contributed by atoms with Crippen molar-refractivity contribution in [2.45, 2.75) is 218 Å². The quantitative estimate of drug-likeness (QED) is 0.0314. The first kappa shape index (κ1) is 69.7. The maximum Gasteiger partial charge on any atom is 0.315 e. The number of hydrogen-bond donors (Lipinski definition) is 10. The highest BCUT2D eigenvalue weighted by molar-refractivity contribution is 8.00. The van der Waals surface area contributed by atoms with E-state index in [1.165, 1.54) is 6.92 Å². The maximum absolute atomic E-state index is 14.3. The zero-order chi connectivity index (χ0) is 61.5. The van der Waals surface area contributed by atoms with E-state index in [-0.39, 0.29) is 61.2 Å². The molecule has 0 aromatic heterocycles. The molecule has 0 aliphatic carbocycles. The third-order valence-electron chi connectivity index (χ3n) is 15.4. The smallest absolute Gasteiger partial charge is 0.315 e. The number of thioether (sulfide) groups is 1. The standard InChI is InChI=1S/C62H100N10O10S/c1-13-72(14-2)34-21-20-24-45(55(77)68-48(38-73)58(80)71-61(9,10)32-35-82-62(11,12)31-33-63-51(74)26-19-18-25-50-52-49(39-83-50)69-59(81)70-52)65-57(79)46(36-40(3)4)66-53(75)41(5)64-56(78)47(37-42-22-16-15-17-23-42)67-54(76)43-27-29-44(30-28-43)60(6,7)8/h15-17,22-23,27-30,40-41,45-50,52,73H,13-14,18-21,24-26,31-39H2,1-12H3,(H,63,74)(H,64,78)(H,65,79)(H,66,75)(H,67,76)(H,68,77)(H,71,80)(H2,69,70,81)/t41-,45-,46-,47-,48-,49-,50-,52-/m0/s1. The number of urea groups is 1. The lowest BCUT2D eigenvalue weighted by molar-refractivity contribution is -0.135. The van der Waals surface area contributed by atoms with Gasteiger partial charge in [-0.3, -0.25) is 33.6 Å². The van der Waals surface area contributed by atoms with Crippen LogP contribution in [-0.4, -0.2) is 161 Å². The number of carbonyl (C=O) groups is 8. The summed E-state index contributed by atoms with van der Waals surface area (Å²) in [6.45, 7) is 25.6. The Morgan fingerprint density at radius 2 is 1.36 bits per heavy atom. The van der Waals surface area contributed by atoms with Crippen LogP contribution in [0.25, 0.3) is 0 Å². The Hall–Kier alpha value is -5.77. The van der Waals surface area contributed by atoms with E-state index in [0.717, 1.165) is 62.2 Å². The molecule has 0 spiro atoms. The normalized spacial score (nSPS) is 17.9. The first-order chi connectivity index (χ1) is 39.1. The molecule has 4 rings (SSSR count). The van der Waals surface area contributed by atoms with Crippen LogP contribution in [0.2, 0.25) is 0 Å². The van der Waals surface area contributed by atoms with Crippen molar-refractivity contribution in [2.75, 3.05) is 45.1 Å². The van der Waals surface area contributed by atoms with E-state index in [2.05, 4.69) is 87.4 Å². The van der Waals surface area contributed by atoms with Crippen LogP contribution in [0.3, 0.4) is 0 Å². The predicted molar refractivity (Wildman–Crippen MR) is 327 cm³/mol. The van der Waals surface area contributed by atoms with Crippen LogP contribution in [0.15, 0.2) is 54.6 Å². The maximum atomic E-state index is 14.3. The Morgan fingerprint density at radius 3 is 2.00 bits per heavy atom. The van der Waals surface area contributed by atoms with Gasteiger partial charge in [-0.05, 0) is 140 Å². The van der Waals surface area contributed by atoms with Crippen LogP contribution in [0, 0.1) is 5.92 Å². The van der Waals surface area contributed by atoms with Gasteiger partial charge in [0.2, 0.25) is 35.4 Å². The van der Waals surface area contributed by atoms with E-state index in [4.69, 9.17) is 4.74 Å². The molecule has 9 amide bonds. The van der Waals surface area contributed by atoms with Crippen LogP contribution in [0.4, 0.5) is 4.79 Å². The average molecular weight is 1180 g/mol. The second-order valence-electron chi connectivity index (χ2n) is 25.0. The largest absolute Gasteiger partial charge is 0.394 e. The van der Waals surface area contributed by atoms with E-state index in [0.29, 0.717) is 43.0 Å². The van der Waals surface area contributed by atoms with Crippen LogP contribution >= 0.6 is 11.8 Å². The Labute approximate surface area is 498 Å². The highest BCUT2D eigenvalue weighted by atomic mass is 32.2. The van der Waals surface area contributed by atoms with Gasteiger partial charge in [0.25, 0.3) is 5.91 Å². The molecule has 2 heterocycles. The predicted octanol–water partition coefficient (Wildman–Crippen LogP) is 5.15. The number of amides is 9. The third kappa shape index (κ3) is 24.4. The fourth-order valence-electron chi connectivity index (χ4n) is 10.0. The van der Waals surface area contributed by atoms with Gasteiger partial charge < -0.3 is 62.6 Å². The Balaban J connectivity index is 1.33. The van der Waals surface area contributed by atoms with Crippen molar-refractivity contribution in [1.29, 1.82) is 0 Å². The number of unbranched alkanes of at least 4 members (excludes halogenated alkanes) is 2. The average Bonchev–Trinajstić information content (AvgIpc) is 4.25. The minimum Gasteiger partial charge on any atom is -0.394 e. The molecule has 0 unspecified atom stereocenters. The molecule has 0 saturated carbocycles. The number of benzene rings is 2. The molecule has 2 aromatic carbocycles. The number of aliphatic hydroxyl groups is 1. The van der Waals surface area contributed by atoms with Crippen molar-refractivity contribution in [3.8, 4) is 0 Å². The lowest BCUT2D eigenvalue weighted by Gasteiger charge is -2.32. The number of fused-ring (bicyclic) bond motifs is 1. The van der Waals surface area contributed by atoms with Gasteiger partial charge in [0, 0.05) is 48.1 Å². The van der Waals surface area contributed by atoms with Crippen molar-refractivity contribution >= 4 is 59.1 Å². The molecular weight excluding hydrogens is 1080 g/mol. The highest BCUT2D eigenvalue weighted by Crippen LogP contribution is 2.33. The number of hydrogen-bond acceptors (Lipinski definition) is 12. The molecule has 464 valence electrons. The van der Waals surface area contributed by atoms with Crippen LogP contribution in [0.1, 0.15) is 169 Å². The number of nitrogens with zero attached hydrogens (tertiary/aromatic N) is 1. The molecule has 21 heteroatoms. The molecule has 2 saturated heterocycles. The van der Waals surface area contributed by atoms with Gasteiger partial charge in [0.15, 0.2) is 0 Å². The van der Waals surface area contributed by atoms with Crippen LogP contribution in [-0.2, 0) is 45.3 Å². The summed E-state index contributed by atoms with van der Waals surface area (Å²) in [6.07, 6.45) is 5.76. The second-order valence-corrected chi connectivity index (χ2v) is 26.3. The number of ether oxygens (including phenoxy) is 1. The monoisotopic (exact) mass is 1180 g/mol. The van der Waals surface area contributed by atoms with Gasteiger partial charge >= 0.3 is 6.03 Å². The van der Waals surface area contributed by atoms with Gasteiger partial charge in [-0.15, -0.1) is 0 Å². The lowest BCUT2D eigenvalue weighted by atomic mass is 9.86. The Morgan fingerprint density at radius 1 is 0.723 bits per heavy atom. The van der Waals surface area contributed by atoms with E-state index in [9.17, 15) is 43.5 Å². The van der Waals surface area contributed by atoms with Gasteiger partial charge in [0.05, 0.1) is 24.3 Å². The summed E-state index contributed by atoms with van der Waals surface area (Å²) in [5.74, 6) is -2.87.